The number of hydrogen-bond donors (Lipinski definition) is 2. The second-order valence-electron chi connectivity index (χ2n) is 8.31. The van der Waals surface area contributed by atoms with E-state index in [-0.39, 0.29) is 12.4 Å². The van der Waals surface area contributed by atoms with Gasteiger partial charge in [0.1, 0.15) is 29.5 Å². The Kier molecular flexibility index (Phi) is 5.95. The number of amides is 2. The zero-order valence-corrected chi connectivity index (χ0v) is 19.4. The van der Waals surface area contributed by atoms with Crippen molar-refractivity contribution in [2.24, 2.45) is 7.05 Å². The Morgan fingerprint density at radius 2 is 1.94 bits per heavy atom. The van der Waals surface area contributed by atoms with Gasteiger partial charge >= 0.3 is 6.03 Å². The van der Waals surface area contributed by atoms with E-state index in [1.165, 1.54) is 18.5 Å². The molecule has 11 heteroatoms. The Labute approximate surface area is 204 Å². The molecule has 1 fully saturated rings. The van der Waals surface area contributed by atoms with Crippen molar-refractivity contribution in [3.63, 3.8) is 0 Å². The minimum atomic E-state index is -0.715. The molecule has 0 radical (unpaired) electrons. The van der Waals surface area contributed by atoms with E-state index < -0.39 is 23.7 Å². The summed E-state index contributed by atoms with van der Waals surface area (Å²) in [6, 6.07) is 7.26. The van der Waals surface area contributed by atoms with Gasteiger partial charge in [-0.25, -0.2) is 28.2 Å². The molecule has 2 amide bonds. The number of rotatable bonds is 2. The van der Waals surface area contributed by atoms with Crippen LogP contribution in [0.1, 0.15) is 34.8 Å². The van der Waals surface area contributed by atoms with Gasteiger partial charge < -0.3 is 11.1 Å². The number of nitrogens with two attached hydrogens (primary N) is 1. The van der Waals surface area contributed by atoms with Crippen LogP contribution in [-0.4, -0.2) is 37.4 Å². The van der Waals surface area contributed by atoms with Crippen LogP contribution in [0.15, 0.2) is 42.7 Å². The average molecular weight is 489 g/mol. The van der Waals surface area contributed by atoms with Gasteiger partial charge in [0.05, 0.1) is 18.0 Å². The van der Waals surface area contributed by atoms with E-state index in [1.54, 1.807) is 23.9 Å². The minimum Gasteiger partial charge on any atom is -0.383 e. The molecule has 0 bridgehead atoms. The number of urea groups is 1. The predicted octanol–water partition coefficient (Wildman–Crippen LogP) is 3.84. The number of hydroxylamine groups is 2. The maximum Gasteiger partial charge on any atom is 0.346 e. The molecule has 0 saturated carbocycles. The molecule has 36 heavy (non-hydrogen) atoms. The highest BCUT2D eigenvalue weighted by Gasteiger charge is 2.32. The normalized spacial score (nSPS) is 15.1. The number of anilines is 2. The number of carbonyl (C=O) groups excluding carboxylic acids is 1. The average Bonchev–Trinajstić information content (AvgIpc) is 3.45. The lowest BCUT2D eigenvalue weighted by Crippen LogP contribution is -2.33. The van der Waals surface area contributed by atoms with Gasteiger partial charge in [-0.15, -0.1) is 0 Å². The molecular formula is C25H21F2N7O2. The zero-order chi connectivity index (χ0) is 25.4. The van der Waals surface area contributed by atoms with Gasteiger partial charge in [0.25, 0.3) is 0 Å². The number of nitrogens with one attached hydrogen (secondary N) is 1. The third kappa shape index (κ3) is 4.42. The van der Waals surface area contributed by atoms with Gasteiger partial charge in [0.15, 0.2) is 5.65 Å². The van der Waals surface area contributed by atoms with E-state index >= 15 is 0 Å². The molecule has 0 aliphatic carbocycles. The summed E-state index contributed by atoms with van der Waals surface area (Å²) >= 11 is 0. The molecule has 0 unspecified atom stereocenters. The zero-order valence-electron chi connectivity index (χ0n) is 19.4. The highest BCUT2D eigenvalue weighted by Crippen LogP contribution is 2.32. The summed E-state index contributed by atoms with van der Waals surface area (Å²) in [4.78, 5) is 26.6. The number of nitrogen functional groups attached to an aromatic ring is 1. The van der Waals surface area contributed by atoms with Crippen molar-refractivity contribution in [1.29, 1.82) is 0 Å². The molecular weight excluding hydrogens is 468 g/mol. The van der Waals surface area contributed by atoms with Crippen LogP contribution in [0.5, 0.6) is 0 Å². The highest BCUT2D eigenvalue weighted by molar-refractivity contribution is 5.91. The number of aromatic nitrogens is 4. The van der Waals surface area contributed by atoms with E-state index in [1.807, 2.05) is 13.0 Å². The molecule has 0 spiro atoms. The minimum absolute atomic E-state index is 0.242. The fourth-order valence-corrected chi connectivity index (χ4v) is 4.08. The molecule has 2 aromatic heterocycles. The smallest absolute Gasteiger partial charge is 0.346 e. The molecule has 2 aromatic carbocycles. The summed E-state index contributed by atoms with van der Waals surface area (Å²) in [6.07, 6.45) is 1.78. The van der Waals surface area contributed by atoms with Crippen LogP contribution in [0.3, 0.4) is 0 Å². The van der Waals surface area contributed by atoms with Gasteiger partial charge in [-0.2, -0.15) is 10.2 Å². The van der Waals surface area contributed by atoms with Crippen molar-refractivity contribution in [1.82, 2.24) is 24.8 Å². The highest BCUT2D eigenvalue weighted by atomic mass is 19.1. The lowest BCUT2D eigenvalue weighted by Gasteiger charge is -2.23. The lowest BCUT2D eigenvalue weighted by molar-refractivity contribution is -0.0830. The quantitative estimate of drug-likeness (QED) is 0.414. The Hall–Kier alpha value is -4.56. The molecule has 1 aliphatic rings. The van der Waals surface area contributed by atoms with Crippen LogP contribution in [0.4, 0.5) is 25.1 Å². The molecule has 4 aromatic rings. The van der Waals surface area contributed by atoms with Gasteiger partial charge in [0.2, 0.25) is 0 Å². The number of benzene rings is 2. The number of carbonyl (C=O) groups is 1. The first kappa shape index (κ1) is 23.2. The maximum atomic E-state index is 13.7. The van der Waals surface area contributed by atoms with Crippen molar-refractivity contribution in [3.8, 4) is 11.8 Å². The summed E-state index contributed by atoms with van der Waals surface area (Å²) < 4.78 is 29.0. The Bertz CT molecular complexity index is 1540. The van der Waals surface area contributed by atoms with E-state index in [0.717, 1.165) is 16.7 Å². The van der Waals surface area contributed by atoms with Gasteiger partial charge in [0, 0.05) is 30.8 Å². The first-order valence-corrected chi connectivity index (χ1v) is 11.0. The second kappa shape index (κ2) is 9.24. The lowest BCUT2D eigenvalue weighted by atomic mass is 10.0. The van der Waals surface area contributed by atoms with E-state index in [9.17, 15) is 13.6 Å². The first-order chi connectivity index (χ1) is 17.3. The molecule has 9 nitrogen and oxygen atoms in total. The Morgan fingerprint density at radius 3 is 2.72 bits per heavy atom. The van der Waals surface area contributed by atoms with Crippen LogP contribution in [-0.2, 0) is 11.9 Å². The second-order valence-corrected chi connectivity index (χ2v) is 8.31. The third-order valence-electron chi connectivity index (χ3n) is 5.83. The maximum absolute atomic E-state index is 13.7. The van der Waals surface area contributed by atoms with Crippen molar-refractivity contribution in [3.05, 3.63) is 76.7 Å². The van der Waals surface area contributed by atoms with Gasteiger partial charge in [-0.1, -0.05) is 12.0 Å². The van der Waals surface area contributed by atoms with Crippen molar-refractivity contribution in [2.45, 2.75) is 19.4 Å². The molecule has 5 rings (SSSR count). The summed E-state index contributed by atoms with van der Waals surface area (Å²) in [5.74, 6) is 4.95. The SMILES string of the molecule is Cc1ccc(NC(=O)N2OCC[C@@H]2c2cc(F)cc(F)c2)cc1C#Cc1nn(C)c2ncnc(N)c12. The van der Waals surface area contributed by atoms with Gasteiger partial charge in [-0.3, -0.25) is 4.84 Å². The molecule has 1 atom stereocenters. The molecule has 1 aliphatic heterocycles. The van der Waals surface area contributed by atoms with E-state index in [0.29, 0.717) is 40.0 Å². The van der Waals surface area contributed by atoms with Crippen LogP contribution in [0.25, 0.3) is 11.0 Å². The van der Waals surface area contributed by atoms with E-state index in [2.05, 4.69) is 32.2 Å². The molecule has 1 saturated heterocycles. The fourth-order valence-electron chi connectivity index (χ4n) is 4.08. The topological polar surface area (TPSA) is 111 Å². The van der Waals surface area contributed by atoms with E-state index in [4.69, 9.17) is 10.6 Å². The van der Waals surface area contributed by atoms with Crippen LogP contribution in [0.2, 0.25) is 0 Å². The van der Waals surface area contributed by atoms with Crippen LogP contribution < -0.4 is 11.1 Å². The fraction of sp³-hybridized carbons (Fsp3) is 0.200. The van der Waals surface area contributed by atoms with Crippen molar-refractivity contribution in [2.75, 3.05) is 17.7 Å². The van der Waals surface area contributed by atoms with Crippen LogP contribution >= 0.6 is 0 Å². The number of halogens is 2. The predicted molar refractivity (Wildman–Crippen MR) is 128 cm³/mol. The van der Waals surface area contributed by atoms with Crippen LogP contribution in [0, 0.1) is 30.4 Å². The van der Waals surface area contributed by atoms with Crippen molar-refractivity contribution < 1.29 is 18.4 Å². The Balaban J connectivity index is 1.39. The largest absolute Gasteiger partial charge is 0.383 e. The monoisotopic (exact) mass is 489 g/mol. The summed E-state index contributed by atoms with van der Waals surface area (Å²) in [6.45, 7) is 2.13. The third-order valence-corrected chi connectivity index (χ3v) is 5.83. The van der Waals surface area contributed by atoms with Gasteiger partial charge in [-0.05, 0) is 48.2 Å². The molecule has 3 N–H and O–H groups in total. The number of hydrogen-bond acceptors (Lipinski definition) is 6. The molecule has 182 valence electrons. The summed E-state index contributed by atoms with van der Waals surface area (Å²) in [5, 5.41) is 8.82. The Morgan fingerprint density at radius 1 is 1.17 bits per heavy atom. The molecule has 3 heterocycles. The number of aryl methyl sites for hydroxylation is 2. The number of nitrogens with zero attached hydrogens (tertiary/aromatic N) is 5. The summed E-state index contributed by atoms with van der Waals surface area (Å²) in [7, 11) is 1.74. The standard InChI is InChI=1S/C25H21F2N7O2/c1-14-3-5-19(11-15(14)4-6-20-22-23(28)29-13-30-24(22)33(2)32-20)31-25(35)34-21(7-8-36-34)16-9-17(26)12-18(27)10-16/h3,5,9-13,21H,7-8H2,1-2H3,(H,31,35)(H2,28,29,30)/t21-/m1/s1. The number of fused-ring (bicyclic) bond motifs is 1. The first-order valence-electron chi connectivity index (χ1n) is 11.0. The van der Waals surface area contributed by atoms with Crippen molar-refractivity contribution >= 4 is 28.6 Å². The summed E-state index contributed by atoms with van der Waals surface area (Å²) in [5.41, 5.74) is 9.35.